The van der Waals surface area contributed by atoms with E-state index in [0.717, 1.165) is 25.3 Å². The average Bonchev–Trinajstić information content (AvgIpc) is 2.43. The van der Waals surface area contributed by atoms with Crippen LogP contribution in [0.4, 0.5) is 0 Å². The van der Waals surface area contributed by atoms with Crippen molar-refractivity contribution in [1.29, 1.82) is 0 Å². The van der Waals surface area contributed by atoms with Crippen molar-refractivity contribution in [2.75, 3.05) is 13.7 Å². The van der Waals surface area contributed by atoms with Gasteiger partial charge in [-0.2, -0.15) is 0 Å². The summed E-state index contributed by atoms with van der Waals surface area (Å²) in [6.07, 6.45) is 10.7. The fourth-order valence-electron chi connectivity index (χ4n) is 3.66. The molecular formula is C16H33NO. The molecule has 0 aromatic heterocycles. The third-order valence-electron chi connectivity index (χ3n) is 4.98. The molecule has 0 bridgehead atoms. The molecule has 1 aliphatic rings. The molecule has 108 valence electrons. The largest absolute Gasteiger partial charge is 0.377 e. The fraction of sp³-hybridized carbons (Fsp3) is 1.00. The second-order valence-electron chi connectivity index (χ2n) is 5.83. The highest BCUT2D eigenvalue weighted by Gasteiger charge is 2.36. The van der Waals surface area contributed by atoms with Crippen LogP contribution < -0.4 is 5.32 Å². The van der Waals surface area contributed by atoms with Gasteiger partial charge in [-0.1, -0.05) is 52.9 Å². The maximum Gasteiger partial charge on any atom is 0.0825 e. The molecule has 2 heteroatoms. The summed E-state index contributed by atoms with van der Waals surface area (Å²) < 4.78 is 5.93. The van der Waals surface area contributed by atoms with Crippen LogP contribution in [0.3, 0.4) is 0 Å². The quantitative estimate of drug-likeness (QED) is 0.704. The van der Waals surface area contributed by atoms with Gasteiger partial charge in [0.05, 0.1) is 5.60 Å². The van der Waals surface area contributed by atoms with E-state index in [0.29, 0.717) is 6.04 Å². The van der Waals surface area contributed by atoms with E-state index in [1.165, 1.54) is 38.5 Å². The highest BCUT2D eigenvalue weighted by molar-refractivity contribution is 4.92. The third-order valence-corrected chi connectivity index (χ3v) is 4.98. The summed E-state index contributed by atoms with van der Waals surface area (Å²) in [6, 6.07) is 0.519. The molecule has 18 heavy (non-hydrogen) atoms. The minimum atomic E-state index is 0.0352. The van der Waals surface area contributed by atoms with E-state index in [1.807, 2.05) is 7.11 Å². The highest BCUT2D eigenvalue weighted by Crippen LogP contribution is 2.33. The van der Waals surface area contributed by atoms with Crippen LogP contribution in [0, 0.1) is 5.92 Å². The summed E-state index contributed by atoms with van der Waals surface area (Å²) in [5.74, 6) is 0.912. The summed E-state index contributed by atoms with van der Waals surface area (Å²) in [5.41, 5.74) is 0.0352. The Labute approximate surface area is 114 Å². The maximum absolute atomic E-state index is 5.93. The van der Waals surface area contributed by atoms with Gasteiger partial charge >= 0.3 is 0 Å². The summed E-state index contributed by atoms with van der Waals surface area (Å²) >= 11 is 0. The Morgan fingerprint density at radius 1 is 1.11 bits per heavy atom. The molecule has 0 heterocycles. The predicted octanol–water partition coefficient (Wildman–Crippen LogP) is 4.14. The van der Waals surface area contributed by atoms with E-state index in [1.54, 1.807) is 0 Å². The van der Waals surface area contributed by atoms with E-state index in [-0.39, 0.29) is 5.60 Å². The van der Waals surface area contributed by atoms with Crippen molar-refractivity contribution in [3.8, 4) is 0 Å². The Morgan fingerprint density at radius 2 is 1.72 bits per heavy atom. The van der Waals surface area contributed by atoms with Gasteiger partial charge in [0.1, 0.15) is 0 Å². The first kappa shape index (κ1) is 16.0. The molecule has 1 fully saturated rings. The van der Waals surface area contributed by atoms with Gasteiger partial charge in [-0.3, -0.25) is 0 Å². The van der Waals surface area contributed by atoms with Crippen LogP contribution in [0.1, 0.15) is 72.1 Å². The van der Waals surface area contributed by atoms with Crippen molar-refractivity contribution in [3.05, 3.63) is 0 Å². The monoisotopic (exact) mass is 255 g/mol. The molecule has 1 unspecified atom stereocenters. The molecule has 0 aliphatic heterocycles. The first-order chi connectivity index (χ1) is 8.72. The Kier molecular flexibility index (Phi) is 7.25. The number of likely N-dealkylation sites (N-methyl/N-ethyl adjacent to an activating group) is 1. The van der Waals surface area contributed by atoms with Gasteiger partial charge < -0.3 is 10.1 Å². The Morgan fingerprint density at radius 3 is 2.17 bits per heavy atom. The first-order valence-electron chi connectivity index (χ1n) is 8.00. The van der Waals surface area contributed by atoms with Gasteiger partial charge in [0.25, 0.3) is 0 Å². The van der Waals surface area contributed by atoms with Gasteiger partial charge in [0.2, 0.25) is 0 Å². The Balaban J connectivity index is 2.66. The van der Waals surface area contributed by atoms with Crippen LogP contribution in [0.25, 0.3) is 0 Å². The smallest absolute Gasteiger partial charge is 0.0825 e. The topological polar surface area (TPSA) is 21.3 Å². The van der Waals surface area contributed by atoms with Crippen molar-refractivity contribution in [3.63, 3.8) is 0 Å². The summed E-state index contributed by atoms with van der Waals surface area (Å²) in [4.78, 5) is 0. The van der Waals surface area contributed by atoms with Crippen LogP contribution in [0.5, 0.6) is 0 Å². The van der Waals surface area contributed by atoms with Crippen molar-refractivity contribution < 1.29 is 4.74 Å². The van der Waals surface area contributed by atoms with E-state index < -0.39 is 0 Å². The zero-order valence-electron chi connectivity index (χ0n) is 12.9. The first-order valence-corrected chi connectivity index (χ1v) is 8.00. The molecule has 0 saturated heterocycles. The van der Waals surface area contributed by atoms with Crippen molar-refractivity contribution in [1.82, 2.24) is 5.32 Å². The summed E-state index contributed by atoms with van der Waals surface area (Å²) in [7, 11) is 1.89. The van der Waals surface area contributed by atoms with Crippen molar-refractivity contribution in [2.45, 2.75) is 83.8 Å². The van der Waals surface area contributed by atoms with Crippen LogP contribution in [0.15, 0.2) is 0 Å². The number of ether oxygens (including phenoxy) is 1. The molecule has 1 rings (SSSR count). The minimum Gasteiger partial charge on any atom is -0.377 e. The second-order valence-corrected chi connectivity index (χ2v) is 5.83. The van der Waals surface area contributed by atoms with Gasteiger partial charge in [0, 0.05) is 13.2 Å². The SMILES string of the molecule is CCNC(CC1CCCCC1)C(CC)(CC)OC. The summed E-state index contributed by atoms with van der Waals surface area (Å²) in [6.45, 7) is 7.78. The molecule has 0 aromatic carbocycles. The molecule has 1 N–H and O–H groups in total. The summed E-state index contributed by atoms with van der Waals surface area (Å²) in [5, 5.41) is 3.70. The lowest BCUT2D eigenvalue weighted by molar-refractivity contribution is -0.0537. The second kappa shape index (κ2) is 8.16. The third kappa shape index (κ3) is 3.96. The normalized spacial score (nSPS) is 20.0. The maximum atomic E-state index is 5.93. The average molecular weight is 255 g/mol. The molecule has 0 radical (unpaired) electrons. The minimum absolute atomic E-state index is 0.0352. The van der Waals surface area contributed by atoms with Gasteiger partial charge in [-0.05, 0) is 31.7 Å². The number of rotatable bonds is 8. The Hall–Kier alpha value is -0.0800. The number of methoxy groups -OCH3 is 1. The van der Waals surface area contributed by atoms with Crippen LogP contribution in [0.2, 0.25) is 0 Å². The molecule has 0 spiro atoms. The lowest BCUT2D eigenvalue weighted by Gasteiger charge is -2.41. The van der Waals surface area contributed by atoms with Crippen LogP contribution >= 0.6 is 0 Å². The zero-order chi connectivity index (χ0) is 13.4. The van der Waals surface area contributed by atoms with Gasteiger partial charge in [-0.15, -0.1) is 0 Å². The standard InChI is InChI=1S/C16H33NO/c1-5-16(6-2,18-4)15(17-7-3)13-14-11-9-8-10-12-14/h14-15,17H,5-13H2,1-4H3. The van der Waals surface area contributed by atoms with Crippen molar-refractivity contribution >= 4 is 0 Å². The van der Waals surface area contributed by atoms with Crippen molar-refractivity contribution in [2.24, 2.45) is 5.92 Å². The van der Waals surface area contributed by atoms with Gasteiger partial charge in [0.15, 0.2) is 0 Å². The highest BCUT2D eigenvalue weighted by atomic mass is 16.5. The Bertz CT molecular complexity index is 199. The van der Waals surface area contributed by atoms with E-state index in [2.05, 4.69) is 26.1 Å². The zero-order valence-corrected chi connectivity index (χ0v) is 12.9. The predicted molar refractivity (Wildman–Crippen MR) is 79.0 cm³/mol. The fourth-order valence-corrected chi connectivity index (χ4v) is 3.66. The molecule has 1 atom stereocenters. The van der Waals surface area contributed by atoms with Gasteiger partial charge in [-0.25, -0.2) is 0 Å². The molecule has 0 amide bonds. The van der Waals surface area contributed by atoms with Crippen LogP contribution in [-0.4, -0.2) is 25.3 Å². The van der Waals surface area contributed by atoms with E-state index >= 15 is 0 Å². The lowest BCUT2D eigenvalue weighted by atomic mass is 9.78. The number of nitrogens with one attached hydrogen (secondary N) is 1. The number of hydrogen-bond donors (Lipinski definition) is 1. The van der Waals surface area contributed by atoms with E-state index in [9.17, 15) is 0 Å². The van der Waals surface area contributed by atoms with Crippen LogP contribution in [-0.2, 0) is 4.74 Å². The lowest BCUT2D eigenvalue weighted by Crippen LogP contribution is -2.52. The molecule has 0 aromatic rings. The molecule has 1 saturated carbocycles. The molecule has 2 nitrogen and oxygen atoms in total. The molecular weight excluding hydrogens is 222 g/mol. The number of hydrogen-bond acceptors (Lipinski definition) is 2. The van der Waals surface area contributed by atoms with E-state index in [4.69, 9.17) is 4.74 Å². The molecule has 1 aliphatic carbocycles.